The summed E-state index contributed by atoms with van der Waals surface area (Å²) < 4.78 is 10.8. The minimum absolute atomic E-state index is 0.283. The molecule has 2 N–H and O–H groups in total. The van der Waals surface area contributed by atoms with Gasteiger partial charge in [-0.1, -0.05) is 13.0 Å². The molecule has 0 saturated carbocycles. The molecule has 4 heteroatoms. The van der Waals surface area contributed by atoms with Crippen LogP contribution >= 0.6 is 0 Å². The molecule has 1 aromatic carbocycles. The first-order chi connectivity index (χ1) is 9.15. The molecule has 1 fully saturated rings. The Kier molecular flexibility index (Phi) is 3.37. The molecule has 0 aliphatic carbocycles. The maximum atomic E-state index is 6.19. The smallest absolute Gasteiger partial charge is 0.231 e. The van der Waals surface area contributed by atoms with Gasteiger partial charge in [0.15, 0.2) is 11.5 Å². The molecule has 3 rings (SSSR count). The molecule has 2 aliphatic heterocycles. The van der Waals surface area contributed by atoms with Crippen LogP contribution in [0.4, 0.5) is 0 Å². The Balaban J connectivity index is 1.75. The highest BCUT2D eigenvalue weighted by Crippen LogP contribution is 2.36. The van der Waals surface area contributed by atoms with Crippen LogP contribution in [0.3, 0.4) is 0 Å². The van der Waals surface area contributed by atoms with Gasteiger partial charge in [-0.3, -0.25) is 4.90 Å². The van der Waals surface area contributed by atoms with Gasteiger partial charge < -0.3 is 15.2 Å². The predicted molar refractivity (Wildman–Crippen MR) is 74.3 cm³/mol. The first-order valence-electron chi connectivity index (χ1n) is 7.04. The van der Waals surface area contributed by atoms with Crippen LogP contribution in [0.15, 0.2) is 18.2 Å². The number of benzene rings is 1. The van der Waals surface area contributed by atoms with Crippen LogP contribution in [-0.4, -0.2) is 30.8 Å². The van der Waals surface area contributed by atoms with Gasteiger partial charge in [-0.2, -0.15) is 0 Å². The number of rotatable bonds is 2. The maximum absolute atomic E-state index is 6.19. The molecule has 19 heavy (non-hydrogen) atoms. The zero-order valence-electron chi connectivity index (χ0n) is 11.6. The van der Waals surface area contributed by atoms with Gasteiger partial charge in [-0.25, -0.2) is 0 Å². The number of likely N-dealkylation sites (tertiary alicyclic amines) is 1. The Morgan fingerprint density at radius 1 is 1.32 bits per heavy atom. The zero-order chi connectivity index (χ0) is 13.4. The molecule has 1 saturated heterocycles. The monoisotopic (exact) mass is 262 g/mol. The van der Waals surface area contributed by atoms with Crippen molar-refractivity contribution in [1.29, 1.82) is 0 Å². The first kappa shape index (κ1) is 12.8. The summed E-state index contributed by atoms with van der Waals surface area (Å²) in [7, 11) is 0. The lowest BCUT2D eigenvalue weighted by Crippen LogP contribution is -2.48. The van der Waals surface area contributed by atoms with E-state index in [-0.39, 0.29) is 6.04 Å². The summed E-state index contributed by atoms with van der Waals surface area (Å²) in [5.74, 6) is 2.33. The zero-order valence-corrected chi connectivity index (χ0v) is 11.6. The Bertz CT molecular complexity index is 463. The summed E-state index contributed by atoms with van der Waals surface area (Å²) in [6.45, 7) is 6.90. The lowest BCUT2D eigenvalue weighted by atomic mass is 9.92. The number of hydrogen-bond acceptors (Lipinski definition) is 4. The van der Waals surface area contributed by atoms with E-state index in [9.17, 15) is 0 Å². The number of hydrogen-bond donors (Lipinski definition) is 1. The van der Waals surface area contributed by atoms with Crippen molar-refractivity contribution in [3.8, 4) is 11.5 Å². The van der Waals surface area contributed by atoms with E-state index < -0.39 is 0 Å². The normalized spacial score (nSPS) is 28.4. The molecule has 1 aromatic rings. The molecule has 2 heterocycles. The molecular weight excluding hydrogens is 240 g/mol. The summed E-state index contributed by atoms with van der Waals surface area (Å²) in [4.78, 5) is 2.46. The van der Waals surface area contributed by atoms with E-state index in [1.54, 1.807) is 0 Å². The summed E-state index contributed by atoms with van der Waals surface area (Å²) >= 11 is 0. The van der Waals surface area contributed by atoms with Crippen molar-refractivity contribution in [1.82, 2.24) is 4.90 Å². The van der Waals surface area contributed by atoms with Crippen molar-refractivity contribution in [2.75, 3.05) is 19.9 Å². The van der Waals surface area contributed by atoms with Gasteiger partial charge in [0.2, 0.25) is 6.79 Å². The van der Waals surface area contributed by atoms with E-state index in [1.807, 2.05) is 6.07 Å². The van der Waals surface area contributed by atoms with Crippen molar-refractivity contribution < 1.29 is 9.47 Å². The average molecular weight is 262 g/mol. The summed E-state index contributed by atoms with van der Waals surface area (Å²) in [6.07, 6.45) is 1.18. The number of nitrogens with two attached hydrogens (primary N) is 1. The minimum Gasteiger partial charge on any atom is -0.454 e. The number of ether oxygens (including phenoxy) is 2. The molecule has 4 nitrogen and oxygen atoms in total. The van der Waals surface area contributed by atoms with Crippen molar-refractivity contribution >= 4 is 0 Å². The van der Waals surface area contributed by atoms with Crippen LogP contribution in [0.25, 0.3) is 0 Å². The Labute approximate surface area is 114 Å². The van der Waals surface area contributed by atoms with Gasteiger partial charge >= 0.3 is 0 Å². The highest BCUT2D eigenvalue weighted by atomic mass is 16.7. The van der Waals surface area contributed by atoms with Crippen LogP contribution in [0, 0.1) is 5.92 Å². The van der Waals surface area contributed by atoms with Crippen LogP contribution in [0.1, 0.15) is 31.9 Å². The Morgan fingerprint density at radius 3 is 2.89 bits per heavy atom. The van der Waals surface area contributed by atoms with Crippen LogP contribution in [-0.2, 0) is 0 Å². The van der Waals surface area contributed by atoms with E-state index in [1.165, 1.54) is 12.0 Å². The van der Waals surface area contributed by atoms with Gasteiger partial charge in [0.1, 0.15) is 0 Å². The molecule has 3 unspecified atom stereocenters. The molecule has 0 bridgehead atoms. The SMILES string of the molecule is CC1CCN(C(C)c2ccc3c(c2)OCO3)CC1N. The van der Waals surface area contributed by atoms with E-state index in [4.69, 9.17) is 15.2 Å². The molecule has 104 valence electrons. The molecule has 0 radical (unpaired) electrons. The third kappa shape index (κ3) is 2.42. The third-order valence-corrected chi connectivity index (χ3v) is 4.47. The van der Waals surface area contributed by atoms with Gasteiger partial charge in [0.05, 0.1) is 0 Å². The topological polar surface area (TPSA) is 47.7 Å². The second kappa shape index (κ2) is 5.02. The molecule has 2 aliphatic rings. The summed E-state index contributed by atoms with van der Waals surface area (Å²) in [5, 5.41) is 0. The molecular formula is C15H22N2O2. The van der Waals surface area contributed by atoms with E-state index in [0.29, 0.717) is 18.8 Å². The largest absolute Gasteiger partial charge is 0.454 e. The molecule has 0 aromatic heterocycles. The fourth-order valence-corrected chi connectivity index (χ4v) is 2.86. The third-order valence-electron chi connectivity index (χ3n) is 4.47. The summed E-state index contributed by atoms with van der Waals surface area (Å²) in [6, 6.07) is 6.87. The van der Waals surface area contributed by atoms with Gasteiger partial charge in [-0.05, 0) is 43.5 Å². The quantitative estimate of drug-likeness (QED) is 0.887. The van der Waals surface area contributed by atoms with E-state index in [2.05, 4.69) is 30.9 Å². The van der Waals surface area contributed by atoms with Gasteiger partial charge in [-0.15, -0.1) is 0 Å². The van der Waals surface area contributed by atoms with Crippen LogP contribution in [0.2, 0.25) is 0 Å². The van der Waals surface area contributed by atoms with Gasteiger partial charge in [0, 0.05) is 18.6 Å². The second-order valence-corrected chi connectivity index (χ2v) is 5.71. The number of fused-ring (bicyclic) bond motifs is 1. The highest BCUT2D eigenvalue weighted by molar-refractivity contribution is 5.45. The van der Waals surface area contributed by atoms with E-state index in [0.717, 1.165) is 24.6 Å². The molecule has 0 spiro atoms. The van der Waals surface area contributed by atoms with Crippen LogP contribution in [0.5, 0.6) is 11.5 Å². The van der Waals surface area contributed by atoms with Crippen molar-refractivity contribution in [3.63, 3.8) is 0 Å². The summed E-state index contributed by atoms with van der Waals surface area (Å²) in [5.41, 5.74) is 7.46. The second-order valence-electron chi connectivity index (χ2n) is 5.71. The minimum atomic E-state index is 0.283. The van der Waals surface area contributed by atoms with Crippen molar-refractivity contribution in [2.24, 2.45) is 11.7 Å². The Hall–Kier alpha value is -1.26. The molecule has 3 atom stereocenters. The number of nitrogens with zero attached hydrogens (tertiary/aromatic N) is 1. The lowest BCUT2D eigenvalue weighted by Gasteiger charge is -2.38. The predicted octanol–water partition coefficient (Wildman–Crippen LogP) is 2.15. The van der Waals surface area contributed by atoms with E-state index >= 15 is 0 Å². The standard InChI is InChI=1S/C15H22N2O2/c1-10-5-6-17(8-13(10)16)11(2)12-3-4-14-15(7-12)19-9-18-14/h3-4,7,10-11,13H,5-6,8-9,16H2,1-2H3. The first-order valence-corrected chi connectivity index (χ1v) is 7.04. The van der Waals surface area contributed by atoms with Crippen LogP contribution < -0.4 is 15.2 Å². The number of piperidine rings is 1. The average Bonchev–Trinajstić information content (AvgIpc) is 2.88. The maximum Gasteiger partial charge on any atom is 0.231 e. The van der Waals surface area contributed by atoms with Gasteiger partial charge in [0.25, 0.3) is 0 Å². The van der Waals surface area contributed by atoms with Crippen molar-refractivity contribution in [2.45, 2.75) is 32.4 Å². The highest BCUT2D eigenvalue weighted by Gasteiger charge is 2.27. The fourth-order valence-electron chi connectivity index (χ4n) is 2.86. The lowest BCUT2D eigenvalue weighted by molar-refractivity contribution is 0.128. The van der Waals surface area contributed by atoms with Crippen molar-refractivity contribution in [3.05, 3.63) is 23.8 Å². The Morgan fingerprint density at radius 2 is 2.11 bits per heavy atom. The molecule has 0 amide bonds. The fraction of sp³-hybridized carbons (Fsp3) is 0.600.